The monoisotopic (exact) mass is 868 g/mol. The second-order valence-electron chi connectivity index (χ2n) is 15.4. The summed E-state index contributed by atoms with van der Waals surface area (Å²) in [4.78, 5) is 51.7. The van der Waals surface area contributed by atoms with E-state index in [-0.39, 0.29) is 49.3 Å². The number of fused-ring (bicyclic) bond motifs is 8. The quantitative estimate of drug-likeness (QED) is 0.0564. The van der Waals surface area contributed by atoms with Gasteiger partial charge < -0.3 is 40.2 Å². The number of hydrogen-bond acceptors (Lipinski definition) is 8. The van der Waals surface area contributed by atoms with Crippen molar-refractivity contribution in [2.75, 3.05) is 47.7 Å². The molecule has 8 bridgehead atoms. The maximum absolute atomic E-state index is 12.9. The molecule has 0 unspecified atom stereocenters. The maximum Gasteiger partial charge on any atom is 0.247 e. The van der Waals surface area contributed by atoms with E-state index in [4.69, 9.17) is 18.9 Å². The molecular formula is C52H60N4O8. The molecule has 5 rings (SSSR count). The van der Waals surface area contributed by atoms with Gasteiger partial charge in [0.15, 0.2) is 0 Å². The topological polar surface area (TPSA) is 153 Å². The van der Waals surface area contributed by atoms with Crippen molar-refractivity contribution in [2.45, 2.75) is 79.1 Å². The second-order valence-corrected chi connectivity index (χ2v) is 15.4. The van der Waals surface area contributed by atoms with Gasteiger partial charge in [-0.25, -0.2) is 0 Å². The zero-order valence-corrected chi connectivity index (χ0v) is 37.5. The van der Waals surface area contributed by atoms with Gasteiger partial charge in [0.2, 0.25) is 23.6 Å². The minimum atomic E-state index is -0.390. The minimum absolute atomic E-state index is 0.257. The summed E-state index contributed by atoms with van der Waals surface area (Å²) < 4.78 is 26.6. The molecule has 0 radical (unpaired) electrons. The van der Waals surface area contributed by atoms with Crippen LogP contribution in [0.25, 0.3) is 0 Å². The van der Waals surface area contributed by atoms with Crippen LogP contribution in [0.4, 0.5) is 22.7 Å². The highest BCUT2D eigenvalue weighted by Crippen LogP contribution is 2.43. The Labute approximate surface area is 376 Å². The number of hydrogen-bond donors (Lipinski definition) is 4. The van der Waals surface area contributed by atoms with Gasteiger partial charge in [0.05, 0.1) is 26.4 Å². The van der Waals surface area contributed by atoms with E-state index in [1.54, 1.807) is 0 Å². The van der Waals surface area contributed by atoms with E-state index in [0.717, 1.165) is 70.2 Å². The molecule has 4 aromatic rings. The highest BCUT2D eigenvalue weighted by Gasteiger charge is 2.25. The van der Waals surface area contributed by atoms with Crippen LogP contribution in [0.2, 0.25) is 0 Å². The number of nitrogens with one attached hydrogen (secondary N) is 4. The lowest BCUT2D eigenvalue weighted by Crippen LogP contribution is -2.14. The Kier molecular flexibility index (Phi) is 17.5. The third-order valence-corrected chi connectivity index (χ3v) is 10.1. The van der Waals surface area contributed by atoms with E-state index < -0.39 is 0 Å². The van der Waals surface area contributed by atoms with Crippen LogP contribution in [-0.2, 0) is 44.9 Å². The molecule has 1 aliphatic carbocycles. The Morgan fingerprint density at radius 3 is 0.703 bits per heavy atom. The molecule has 336 valence electrons. The van der Waals surface area contributed by atoms with Crippen LogP contribution >= 0.6 is 0 Å². The minimum Gasteiger partial charge on any atom is -0.493 e. The van der Waals surface area contributed by atoms with Gasteiger partial charge in [-0.15, -0.1) is 0 Å². The number of benzene rings is 4. The molecule has 64 heavy (non-hydrogen) atoms. The van der Waals surface area contributed by atoms with Crippen molar-refractivity contribution >= 4 is 46.4 Å². The van der Waals surface area contributed by atoms with E-state index in [9.17, 15) is 19.2 Å². The average molecular weight is 869 g/mol. The predicted octanol–water partition coefficient (Wildman–Crippen LogP) is 10.0. The number of carbonyl (C=O) groups is 4. The standard InChI is InChI=1S/C52H60N4O8/c1-9-17-61-49-33-21-35-27-42(54-46(58)14-6)29-37(50(35)62-18-10-2)23-39-31-44(56-48(60)16-8)32-40(52(39)64-20-12-4)24-38-30-43(55-47(59)15-7)28-36(51(38)63-19-11-3)22-34(49)26-41(25-33)53-45(57)13-5/h13-16,25-32H,5-12,17-24H2,1-4H3,(H,53,57)(H,54,58)(H,55,59)(H,56,60). The molecule has 4 aromatic carbocycles. The molecule has 0 saturated heterocycles. The molecule has 12 heteroatoms. The van der Waals surface area contributed by atoms with Gasteiger partial charge >= 0.3 is 0 Å². The molecule has 12 nitrogen and oxygen atoms in total. The van der Waals surface area contributed by atoms with Crippen LogP contribution in [0.15, 0.2) is 99.2 Å². The molecule has 1 aliphatic rings. The van der Waals surface area contributed by atoms with Crippen molar-refractivity contribution in [3.63, 3.8) is 0 Å². The summed E-state index contributed by atoms with van der Waals surface area (Å²) in [7, 11) is 0. The van der Waals surface area contributed by atoms with Crippen LogP contribution in [-0.4, -0.2) is 50.1 Å². The first-order chi connectivity index (χ1) is 31.0. The zero-order valence-electron chi connectivity index (χ0n) is 37.5. The van der Waals surface area contributed by atoms with Gasteiger partial charge in [0, 0.05) is 92.9 Å². The number of rotatable bonds is 20. The lowest BCUT2D eigenvalue weighted by atomic mass is 9.90. The zero-order chi connectivity index (χ0) is 46.2. The molecule has 0 fully saturated rings. The molecule has 4 N–H and O–H groups in total. The van der Waals surface area contributed by atoms with Crippen LogP contribution in [0.1, 0.15) is 97.9 Å². The third kappa shape index (κ3) is 12.5. The third-order valence-electron chi connectivity index (χ3n) is 10.1. The van der Waals surface area contributed by atoms with Crippen molar-refractivity contribution in [3.05, 3.63) is 144 Å². The average Bonchev–Trinajstić information content (AvgIpc) is 3.27. The Hall–Kier alpha value is -7.08. The Bertz CT molecular complexity index is 1990. The van der Waals surface area contributed by atoms with Crippen LogP contribution in [0.5, 0.6) is 23.0 Å². The van der Waals surface area contributed by atoms with Crippen molar-refractivity contribution in [1.82, 2.24) is 0 Å². The SMILES string of the molecule is C=CC(=O)Nc1cc2c(OCCC)c(c1)Cc1cc(NC(=O)C=C)cc(c1OCCC)Cc1cc(NC(=O)C=C)cc(c1OCCC)Cc1cc(NC(=O)C=C)cc(c1OCCC)C2. The van der Waals surface area contributed by atoms with Crippen molar-refractivity contribution < 1.29 is 38.1 Å². The van der Waals surface area contributed by atoms with Gasteiger partial charge in [-0.1, -0.05) is 54.0 Å². The Morgan fingerprint density at radius 1 is 0.391 bits per heavy atom. The Morgan fingerprint density at radius 2 is 0.562 bits per heavy atom. The summed E-state index contributed by atoms with van der Waals surface area (Å²) in [5, 5.41) is 11.9. The smallest absolute Gasteiger partial charge is 0.247 e. The molecular weight excluding hydrogens is 809 g/mol. The van der Waals surface area contributed by atoms with Gasteiger partial charge in [0.1, 0.15) is 23.0 Å². The molecule has 0 spiro atoms. The lowest BCUT2D eigenvalue weighted by Gasteiger charge is -2.25. The number of carbonyl (C=O) groups excluding carboxylic acids is 4. The van der Waals surface area contributed by atoms with E-state index in [1.807, 2.05) is 76.2 Å². The van der Waals surface area contributed by atoms with Gasteiger partial charge in [0.25, 0.3) is 0 Å². The normalized spacial score (nSPS) is 11.6. The molecule has 0 aliphatic heterocycles. The summed E-state index contributed by atoms with van der Waals surface area (Å²) in [6.45, 7) is 24.4. The second kappa shape index (κ2) is 23.4. The lowest BCUT2D eigenvalue weighted by molar-refractivity contribution is -0.112. The summed E-state index contributed by atoms with van der Waals surface area (Å²) in [6.07, 6.45) is 8.77. The highest BCUT2D eigenvalue weighted by molar-refractivity contribution is 6.01. The molecule has 0 saturated carbocycles. The first-order valence-electron chi connectivity index (χ1n) is 21.9. The summed E-state index contributed by atoms with van der Waals surface area (Å²) in [6, 6.07) is 15.1. The molecule has 0 heterocycles. The van der Waals surface area contributed by atoms with Gasteiger partial charge in [-0.05, 0) is 98.5 Å². The van der Waals surface area contributed by atoms with Crippen LogP contribution in [0, 0.1) is 0 Å². The van der Waals surface area contributed by atoms with E-state index >= 15 is 0 Å². The fourth-order valence-corrected chi connectivity index (χ4v) is 7.51. The fourth-order valence-electron chi connectivity index (χ4n) is 7.51. The van der Waals surface area contributed by atoms with Crippen molar-refractivity contribution in [1.29, 1.82) is 0 Å². The summed E-state index contributed by atoms with van der Waals surface area (Å²) >= 11 is 0. The molecule has 0 aromatic heterocycles. The van der Waals surface area contributed by atoms with Gasteiger partial charge in [-0.3, -0.25) is 19.2 Å². The largest absolute Gasteiger partial charge is 0.493 e. The maximum atomic E-state index is 12.9. The van der Waals surface area contributed by atoms with E-state index in [2.05, 4.69) is 47.6 Å². The predicted molar refractivity (Wildman–Crippen MR) is 255 cm³/mol. The molecule has 0 atom stereocenters. The fraction of sp³-hybridized carbons (Fsp3) is 0.308. The summed E-state index contributed by atoms with van der Waals surface area (Å²) in [5.74, 6) is 0.887. The summed E-state index contributed by atoms with van der Waals surface area (Å²) in [5.41, 5.74) is 8.01. The van der Waals surface area contributed by atoms with Crippen molar-refractivity contribution in [2.24, 2.45) is 0 Å². The van der Waals surface area contributed by atoms with E-state index in [1.165, 1.54) is 24.3 Å². The molecule has 4 amide bonds. The van der Waals surface area contributed by atoms with E-state index in [0.29, 0.717) is 72.2 Å². The van der Waals surface area contributed by atoms with Crippen molar-refractivity contribution in [3.8, 4) is 23.0 Å². The van der Waals surface area contributed by atoms with Gasteiger partial charge in [-0.2, -0.15) is 0 Å². The number of ether oxygens (including phenoxy) is 4. The van der Waals surface area contributed by atoms with Crippen LogP contribution < -0.4 is 40.2 Å². The highest BCUT2D eigenvalue weighted by atomic mass is 16.5. The first-order valence-corrected chi connectivity index (χ1v) is 21.9. The Balaban J connectivity index is 1.98. The first kappa shape index (κ1) is 48.0. The number of amides is 4. The van der Waals surface area contributed by atoms with Crippen LogP contribution in [0.3, 0.4) is 0 Å². The number of anilines is 4.